The van der Waals surface area contributed by atoms with Gasteiger partial charge in [-0.25, -0.2) is 8.42 Å². The number of carbonyl (C=O) groups is 2. The molecule has 0 atom stereocenters. The molecular weight excluding hydrogens is 374 g/mol. The standard InChI is InChI=1S/C18H19NO5S2/c1-18(2,3)17(21)19-11-5-6-12(24-4)16-13(11)14(20)15-10(7-8-25-15)9-26(16,22)23/h5-8H,9H2,1-4H3,(H,19,21). The smallest absolute Gasteiger partial charge is 0.229 e. The van der Waals surface area contributed by atoms with E-state index in [0.717, 1.165) is 0 Å². The number of carbonyl (C=O) groups excluding carboxylic acids is 2. The molecule has 0 bridgehead atoms. The topological polar surface area (TPSA) is 89.5 Å². The van der Waals surface area contributed by atoms with E-state index in [1.54, 1.807) is 32.2 Å². The Morgan fingerprint density at radius 3 is 2.54 bits per heavy atom. The molecule has 3 rings (SSSR count). The summed E-state index contributed by atoms with van der Waals surface area (Å²) in [5, 5.41) is 4.40. The molecule has 1 aliphatic heterocycles. The Hall–Kier alpha value is -2.19. The number of sulfone groups is 1. The van der Waals surface area contributed by atoms with Crippen LogP contribution >= 0.6 is 11.3 Å². The monoisotopic (exact) mass is 393 g/mol. The molecule has 0 saturated heterocycles. The van der Waals surface area contributed by atoms with Crippen molar-refractivity contribution in [2.45, 2.75) is 31.4 Å². The highest BCUT2D eigenvalue weighted by Crippen LogP contribution is 2.41. The van der Waals surface area contributed by atoms with Crippen molar-refractivity contribution in [3.63, 3.8) is 0 Å². The summed E-state index contributed by atoms with van der Waals surface area (Å²) in [5.41, 5.74) is -0.0989. The first-order valence-corrected chi connectivity index (χ1v) is 10.5. The summed E-state index contributed by atoms with van der Waals surface area (Å²) in [6.45, 7) is 5.21. The Kier molecular flexibility index (Phi) is 4.44. The van der Waals surface area contributed by atoms with Crippen LogP contribution < -0.4 is 10.1 Å². The molecule has 2 aromatic rings. The number of methoxy groups -OCH3 is 1. The van der Waals surface area contributed by atoms with Crippen molar-refractivity contribution in [3.05, 3.63) is 39.6 Å². The molecule has 0 aliphatic carbocycles. The SMILES string of the molecule is COc1ccc(NC(=O)C(C)(C)C)c2c1S(=O)(=O)Cc1ccsc1C2=O. The van der Waals surface area contributed by atoms with Crippen molar-refractivity contribution in [3.8, 4) is 5.75 Å². The van der Waals surface area contributed by atoms with Crippen LogP contribution in [0, 0.1) is 5.41 Å². The summed E-state index contributed by atoms with van der Waals surface area (Å²) in [4.78, 5) is 25.8. The lowest BCUT2D eigenvalue weighted by Crippen LogP contribution is -2.28. The van der Waals surface area contributed by atoms with E-state index in [4.69, 9.17) is 4.74 Å². The van der Waals surface area contributed by atoms with Crippen molar-refractivity contribution >= 4 is 38.6 Å². The number of rotatable bonds is 2. The molecular formula is C18H19NO5S2. The van der Waals surface area contributed by atoms with Gasteiger partial charge in [-0.2, -0.15) is 0 Å². The van der Waals surface area contributed by atoms with Gasteiger partial charge in [0.1, 0.15) is 10.6 Å². The lowest BCUT2D eigenvalue weighted by atomic mass is 9.95. The molecule has 8 heteroatoms. The van der Waals surface area contributed by atoms with Gasteiger partial charge in [-0.05, 0) is 29.1 Å². The maximum absolute atomic E-state index is 13.1. The van der Waals surface area contributed by atoms with Gasteiger partial charge < -0.3 is 10.1 Å². The molecule has 26 heavy (non-hydrogen) atoms. The zero-order valence-corrected chi connectivity index (χ0v) is 16.5. The highest BCUT2D eigenvalue weighted by Gasteiger charge is 2.37. The van der Waals surface area contributed by atoms with E-state index >= 15 is 0 Å². The van der Waals surface area contributed by atoms with Crippen LogP contribution in [0.5, 0.6) is 5.75 Å². The number of ketones is 1. The molecule has 1 amide bonds. The van der Waals surface area contributed by atoms with Crippen LogP contribution in [-0.4, -0.2) is 27.2 Å². The van der Waals surface area contributed by atoms with E-state index in [-0.39, 0.29) is 33.6 Å². The van der Waals surface area contributed by atoms with E-state index in [9.17, 15) is 18.0 Å². The van der Waals surface area contributed by atoms with Gasteiger partial charge in [-0.3, -0.25) is 9.59 Å². The van der Waals surface area contributed by atoms with E-state index in [1.807, 2.05) is 0 Å². The van der Waals surface area contributed by atoms with Gasteiger partial charge in [0.2, 0.25) is 11.7 Å². The van der Waals surface area contributed by atoms with Crippen LogP contribution in [0.15, 0.2) is 28.5 Å². The van der Waals surface area contributed by atoms with Gasteiger partial charge in [0.25, 0.3) is 0 Å². The number of nitrogens with one attached hydrogen (secondary N) is 1. The van der Waals surface area contributed by atoms with E-state index in [1.165, 1.54) is 30.6 Å². The lowest BCUT2D eigenvalue weighted by Gasteiger charge is -2.20. The molecule has 1 aliphatic rings. The molecule has 6 nitrogen and oxygen atoms in total. The average Bonchev–Trinajstić information content (AvgIpc) is 2.97. The van der Waals surface area contributed by atoms with Crippen molar-refractivity contribution in [1.82, 2.24) is 0 Å². The van der Waals surface area contributed by atoms with E-state index in [2.05, 4.69) is 5.32 Å². The Bertz CT molecular complexity index is 1010. The van der Waals surface area contributed by atoms with Gasteiger partial charge in [0.15, 0.2) is 9.84 Å². The van der Waals surface area contributed by atoms with Crippen LogP contribution in [0.1, 0.15) is 41.6 Å². The first-order chi connectivity index (χ1) is 12.1. The van der Waals surface area contributed by atoms with Gasteiger partial charge in [0.05, 0.1) is 29.0 Å². The van der Waals surface area contributed by atoms with Crippen LogP contribution in [0.4, 0.5) is 5.69 Å². The zero-order valence-electron chi connectivity index (χ0n) is 14.9. The summed E-state index contributed by atoms with van der Waals surface area (Å²) in [7, 11) is -2.47. The normalized spacial score (nSPS) is 15.6. The molecule has 0 fully saturated rings. The predicted molar refractivity (Wildman–Crippen MR) is 99.7 cm³/mol. The largest absolute Gasteiger partial charge is 0.495 e. The second kappa shape index (κ2) is 6.21. The van der Waals surface area contributed by atoms with Crippen molar-refractivity contribution in [1.29, 1.82) is 0 Å². The maximum atomic E-state index is 13.1. The summed E-state index contributed by atoms with van der Waals surface area (Å²) in [6.07, 6.45) is 0. The summed E-state index contributed by atoms with van der Waals surface area (Å²) >= 11 is 1.19. The van der Waals surface area contributed by atoms with Gasteiger partial charge in [-0.15, -0.1) is 11.3 Å². The second-order valence-corrected chi connectivity index (χ2v) is 9.93. The van der Waals surface area contributed by atoms with Crippen LogP contribution in [-0.2, 0) is 20.4 Å². The lowest BCUT2D eigenvalue weighted by molar-refractivity contribution is -0.123. The molecule has 0 radical (unpaired) electrons. The number of benzene rings is 1. The highest BCUT2D eigenvalue weighted by atomic mass is 32.2. The highest BCUT2D eigenvalue weighted by molar-refractivity contribution is 7.91. The molecule has 0 unspecified atom stereocenters. The average molecular weight is 393 g/mol. The molecule has 1 N–H and O–H groups in total. The number of thiophene rings is 1. The Labute approximate surface area is 156 Å². The van der Waals surface area contributed by atoms with Gasteiger partial charge in [0, 0.05) is 5.41 Å². The van der Waals surface area contributed by atoms with Crippen LogP contribution in [0.3, 0.4) is 0 Å². The minimum Gasteiger partial charge on any atom is -0.495 e. The Morgan fingerprint density at radius 2 is 1.92 bits per heavy atom. The van der Waals surface area contributed by atoms with E-state index in [0.29, 0.717) is 10.4 Å². The fraction of sp³-hybridized carbons (Fsp3) is 0.333. The number of hydrogen-bond donors (Lipinski definition) is 1. The molecule has 138 valence electrons. The predicted octanol–water partition coefficient (Wildman–Crippen LogP) is 3.26. The number of ether oxygens (including phenoxy) is 1. The van der Waals surface area contributed by atoms with Crippen molar-refractivity contribution in [2.75, 3.05) is 12.4 Å². The third kappa shape index (κ3) is 3.03. The zero-order chi connectivity index (χ0) is 19.3. The molecule has 0 spiro atoms. The number of fused-ring (bicyclic) bond motifs is 2. The minimum absolute atomic E-state index is 0.0387. The Morgan fingerprint density at radius 1 is 1.23 bits per heavy atom. The van der Waals surface area contributed by atoms with Crippen LogP contribution in [0.2, 0.25) is 0 Å². The molecule has 1 aromatic heterocycles. The van der Waals surface area contributed by atoms with Gasteiger partial charge in [-0.1, -0.05) is 20.8 Å². The number of anilines is 1. The fourth-order valence-electron chi connectivity index (χ4n) is 2.71. The first-order valence-electron chi connectivity index (χ1n) is 7.92. The second-order valence-electron chi connectivity index (χ2n) is 7.09. The number of hydrogen-bond acceptors (Lipinski definition) is 6. The van der Waals surface area contributed by atoms with Crippen molar-refractivity contribution in [2.24, 2.45) is 5.41 Å². The minimum atomic E-state index is -3.82. The maximum Gasteiger partial charge on any atom is 0.229 e. The number of amides is 1. The van der Waals surface area contributed by atoms with Gasteiger partial charge >= 0.3 is 0 Å². The first kappa shape index (κ1) is 18.6. The summed E-state index contributed by atoms with van der Waals surface area (Å²) in [5.74, 6) is -0.922. The summed E-state index contributed by atoms with van der Waals surface area (Å²) < 4.78 is 31.2. The van der Waals surface area contributed by atoms with E-state index < -0.39 is 21.0 Å². The molecule has 0 saturated carbocycles. The quantitative estimate of drug-likeness (QED) is 0.846. The summed E-state index contributed by atoms with van der Waals surface area (Å²) in [6, 6.07) is 4.61. The molecule has 1 aromatic carbocycles. The third-order valence-electron chi connectivity index (χ3n) is 4.11. The Balaban J connectivity index is 2.30. The third-order valence-corrected chi connectivity index (χ3v) is 6.78. The van der Waals surface area contributed by atoms with Crippen molar-refractivity contribution < 1.29 is 22.7 Å². The van der Waals surface area contributed by atoms with Crippen LogP contribution in [0.25, 0.3) is 0 Å². The fourth-order valence-corrected chi connectivity index (χ4v) is 5.44. The molecule has 2 heterocycles.